The monoisotopic (exact) mass is 358 g/mol. The van der Waals surface area contributed by atoms with Crippen molar-refractivity contribution in [1.29, 1.82) is 5.26 Å². The van der Waals surface area contributed by atoms with Gasteiger partial charge in [-0.2, -0.15) is 5.26 Å². The van der Waals surface area contributed by atoms with Crippen molar-refractivity contribution in [2.75, 3.05) is 13.7 Å². The molecule has 0 unspecified atom stereocenters. The molecule has 6 nitrogen and oxygen atoms in total. The molecule has 2 aromatic carbocycles. The van der Waals surface area contributed by atoms with Crippen LogP contribution in [0.1, 0.15) is 29.7 Å². The highest BCUT2D eigenvalue weighted by molar-refractivity contribution is 5.82. The summed E-state index contributed by atoms with van der Waals surface area (Å²) in [6.45, 7) is 1.93. The van der Waals surface area contributed by atoms with E-state index in [9.17, 15) is 14.3 Å². The lowest BCUT2D eigenvalue weighted by Gasteiger charge is -2.18. The number of carbonyl (C=O) groups is 1. The van der Waals surface area contributed by atoms with E-state index in [1.165, 1.54) is 37.4 Å². The van der Waals surface area contributed by atoms with Crippen LogP contribution in [-0.2, 0) is 16.1 Å². The minimum absolute atomic E-state index is 0.0116. The molecule has 7 heteroatoms. The zero-order valence-electron chi connectivity index (χ0n) is 14.5. The first-order valence-corrected chi connectivity index (χ1v) is 7.94. The number of nitrogens with zero attached hydrogens (tertiary/aromatic N) is 1. The van der Waals surface area contributed by atoms with Gasteiger partial charge in [-0.3, -0.25) is 4.79 Å². The van der Waals surface area contributed by atoms with Crippen LogP contribution in [0, 0.1) is 17.1 Å². The van der Waals surface area contributed by atoms with Gasteiger partial charge in [-0.15, -0.1) is 0 Å². The van der Waals surface area contributed by atoms with Crippen LogP contribution < -0.4 is 10.1 Å². The molecular weight excluding hydrogens is 339 g/mol. The summed E-state index contributed by atoms with van der Waals surface area (Å²) >= 11 is 0. The molecule has 0 heterocycles. The molecule has 0 saturated carbocycles. The Balaban J connectivity index is 2.15. The topological polar surface area (TPSA) is 91.6 Å². The van der Waals surface area contributed by atoms with Crippen molar-refractivity contribution in [3.63, 3.8) is 0 Å². The lowest BCUT2D eigenvalue weighted by atomic mass is 10.1. The number of phenolic OH excluding ortho intramolecular Hbond substituents is 1. The zero-order valence-corrected chi connectivity index (χ0v) is 14.5. The van der Waals surface area contributed by atoms with Crippen LogP contribution in [0.5, 0.6) is 11.5 Å². The van der Waals surface area contributed by atoms with Crippen LogP contribution in [0.4, 0.5) is 4.39 Å². The SMILES string of the molecule is CCO[C@H](C(=O)NCc1ccc(C#N)cc1O)c1ccc(OC)cc1F. The third-order valence-electron chi connectivity index (χ3n) is 3.73. The van der Waals surface area contributed by atoms with Crippen molar-refractivity contribution in [3.05, 3.63) is 58.9 Å². The van der Waals surface area contributed by atoms with Crippen LogP contribution in [0.3, 0.4) is 0 Å². The van der Waals surface area contributed by atoms with E-state index in [2.05, 4.69) is 5.32 Å². The number of nitriles is 1. The smallest absolute Gasteiger partial charge is 0.254 e. The largest absolute Gasteiger partial charge is 0.508 e. The highest BCUT2D eigenvalue weighted by Gasteiger charge is 2.24. The number of aromatic hydroxyl groups is 1. The van der Waals surface area contributed by atoms with Gasteiger partial charge in [-0.05, 0) is 31.2 Å². The number of carbonyl (C=O) groups excluding carboxylic acids is 1. The maximum atomic E-state index is 14.3. The number of methoxy groups -OCH3 is 1. The Morgan fingerprint density at radius 2 is 2.12 bits per heavy atom. The second-order valence-electron chi connectivity index (χ2n) is 5.40. The van der Waals surface area contributed by atoms with Crippen LogP contribution >= 0.6 is 0 Å². The molecule has 1 amide bonds. The molecular formula is C19H19FN2O4. The summed E-state index contributed by atoms with van der Waals surface area (Å²) in [5, 5.41) is 21.3. The second-order valence-corrected chi connectivity index (χ2v) is 5.40. The molecule has 1 atom stereocenters. The molecule has 0 fully saturated rings. The first kappa shape index (κ1) is 19.2. The molecule has 0 aromatic heterocycles. The van der Waals surface area contributed by atoms with Gasteiger partial charge in [0.15, 0.2) is 6.10 Å². The highest BCUT2D eigenvalue weighted by Crippen LogP contribution is 2.25. The zero-order chi connectivity index (χ0) is 19.1. The average Bonchev–Trinajstić information content (AvgIpc) is 2.65. The van der Waals surface area contributed by atoms with Gasteiger partial charge in [0.2, 0.25) is 0 Å². The van der Waals surface area contributed by atoms with Gasteiger partial charge in [0, 0.05) is 30.3 Å². The summed E-state index contributed by atoms with van der Waals surface area (Å²) in [4.78, 5) is 12.5. The van der Waals surface area contributed by atoms with E-state index in [-0.39, 0.29) is 24.5 Å². The Kier molecular flexibility index (Phi) is 6.53. The number of rotatable bonds is 7. The number of phenols is 1. The highest BCUT2D eigenvalue weighted by atomic mass is 19.1. The predicted octanol–water partition coefficient (Wildman–Crippen LogP) is 2.81. The Hall–Kier alpha value is -3.11. The standard InChI is InChI=1S/C19H19FN2O4/c1-3-26-18(15-7-6-14(25-2)9-16(15)20)19(24)22-11-13-5-4-12(10-21)8-17(13)23/h4-9,18,23H,3,11H2,1-2H3,(H,22,24)/t18-/m0/s1. The maximum absolute atomic E-state index is 14.3. The normalized spacial score (nSPS) is 11.5. The lowest BCUT2D eigenvalue weighted by Crippen LogP contribution is -2.31. The molecule has 0 radical (unpaired) electrons. The van der Waals surface area contributed by atoms with Gasteiger partial charge in [-0.1, -0.05) is 6.07 Å². The summed E-state index contributed by atoms with van der Waals surface area (Å²) in [6.07, 6.45) is -1.13. The van der Waals surface area contributed by atoms with Gasteiger partial charge in [0.25, 0.3) is 5.91 Å². The lowest BCUT2D eigenvalue weighted by molar-refractivity contribution is -0.133. The number of benzene rings is 2. The third-order valence-corrected chi connectivity index (χ3v) is 3.73. The average molecular weight is 358 g/mol. The first-order chi connectivity index (χ1) is 12.5. The van der Waals surface area contributed by atoms with E-state index in [0.717, 1.165) is 0 Å². The van der Waals surface area contributed by atoms with Gasteiger partial charge in [-0.25, -0.2) is 4.39 Å². The van der Waals surface area contributed by atoms with E-state index < -0.39 is 17.8 Å². The summed E-state index contributed by atoms with van der Waals surface area (Å²) < 4.78 is 24.6. The first-order valence-electron chi connectivity index (χ1n) is 7.94. The fourth-order valence-electron chi connectivity index (χ4n) is 2.38. The van der Waals surface area contributed by atoms with Crippen molar-refractivity contribution < 1.29 is 23.8 Å². The molecule has 2 rings (SSSR count). The van der Waals surface area contributed by atoms with Crippen molar-refractivity contribution in [1.82, 2.24) is 5.32 Å². The van der Waals surface area contributed by atoms with Crippen molar-refractivity contribution in [2.24, 2.45) is 0 Å². The molecule has 0 spiro atoms. The predicted molar refractivity (Wildman–Crippen MR) is 92.0 cm³/mol. The number of nitrogens with one attached hydrogen (secondary N) is 1. The van der Waals surface area contributed by atoms with E-state index in [1.807, 2.05) is 6.07 Å². The molecule has 0 aliphatic rings. The number of hydrogen-bond donors (Lipinski definition) is 2. The Bertz CT molecular complexity index is 833. The summed E-state index contributed by atoms with van der Waals surface area (Å²) in [7, 11) is 1.42. The van der Waals surface area contributed by atoms with E-state index >= 15 is 0 Å². The van der Waals surface area contributed by atoms with E-state index in [1.54, 1.807) is 13.0 Å². The van der Waals surface area contributed by atoms with Gasteiger partial charge >= 0.3 is 0 Å². The van der Waals surface area contributed by atoms with Crippen LogP contribution in [-0.4, -0.2) is 24.7 Å². The summed E-state index contributed by atoms with van der Waals surface area (Å²) in [6, 6.07) is 10.5. The quantitative estimate of drug-likeness (QED) is 0.794. The van der Waals surface area contributed by atoms with Gasteiger partial charge in [0.05, 0.1) is 18.7 Å². The van der Waals surface area contributed by atoms with Crippen molar-refractivity contribution >= 4 is 5.91 Å². The third kappa shape index (κ3) is 4.49. The molecule has 0 bridgehead atoms. The minimum Gasteiger partial charge on any atom is -0.508 e. The molecule has 2 N–H and O–H groups in total. The number of halogens is 1. The maximum Gasteiger partial charge on any atom is 0.254 e. The van der Waals surface area contributed by atoms with Crippen LogP contribution in [0.25, 0.3) is 0 Å². The Morgan fingerprint density at radius 3 is 2.69 bits per heavy atom. The van der Waals surface area contributed by atoms with Gasteiger partial charge < -0.3 is 19.9 Å². The molecule has 0 saturated heterocycles. The molecule has 0 aliphatic heterocycles. The second kappa shape index (κ2) is 8.83. The van der Waals surface area contributed by atoms with Crippen LogP contribution in [0.15, 0.2) is 36.4 Å². The van der Waals surface area contributed by atoms with Gasteiger partial charge in [0.1, 0.15) is 17.3 Å². The Morgan fingerprint density at radius 1 is 1.35 bits per heavy atom. The van der Waals surface area contributed by atoms with Crippen molar-refractivity contribution in [3.8, 4) is 17.6 Å². The van der Waals surface area contributed by atoms with Crippen molar-refractivity contribution in [2.45, 2.75) is 19.6 Å². The summed E-state index contributed by atoms with van der Waals surface area (Å²) in [5.41, 5.74) is 0.835. The Labute approximate surface area is 150 Å². The molecule has 136 valence electrons. The van der Waals surface area contributed by atoms with Crippen LogP contribution in [0.2, 0.25) is 0 Å². The molecule has 0 aliphatic carbocycles. The number of hydrogen-bond acceptors (Lipinski definition) is 5. The fourth-order valence-corrected chi connectivity index (χ4v) is 2.38. The fraction of sp³-hybridized carbons (Fsp3) is 0.263. The number of amides is 1. The molecule has 26 heavy (non-hydrogen) atoms. The van der Waals surface area contributed by atoms with E-state index in [4.69, 9.17) is 14.7 Å². The number of ether oxygens (including phenoxy) is 2. The summed E-state index contributed by atoms with van der Waals surface area (Å²) in [5.74, 6) is -0.920. The minimum atomic E-state index is -1.13. The van der Waals surface area contributed by atoms with E-state index in [0.29, 0.717) is 16.9 Å². The molecule has 2 aromatic rings.